The number of hydrogen-bond acceptors (Lipinski definition) is 5. The van der Waals surface area contributed by atoms with E-state index in [1.54, 1.807) is 6.20 Å². The normalized spacial score (nSPS) is 17.5. The Labute approximate surface area is 200 Å². The molecule has 0 N–H and O–H groups in total. The van der Waals surface area contributed by atoms with E-state index in [-0.39, 0.29) is 11.8 Å². The number of likely N-dealkylation sites (tertiary alicyclic amines) is 1. The van der Waals surface area contributed by atoms with Gasteiger partial charge in [-0.05, 0) is 37.1 Å². The number of piperazine rings is 1. The Morgan fingerprint density at radius 1 is 0.765 bits per heavy atom. The highest BCUT2D eigenvalue weighted by Crippen LogP contribution is 2.25. The van der Waals surface area contributed by atoms with Gasteiger partial charge in [0.05, 0.1) is 29.0 Å². The molecule has 34 heavy (non-hydrogen) atoms. The second-order valence-electron chi connectivity index (χ2n) is 9.15. The lowest BCUT2D eigenvalue weighted by Gasteiger charge is -2.35. The molecule has 0 radical (unpaired) electrons. The molecule has 176 valence electrons. The van der Waals surface area contributed by atoms with Crippen LogP contribution in [0.4, 0.5) is 0 Å². The summed E-state index contributed by atoms with van der Waals surface area (Å²) in [4.78, 5) is 41.6. The number of nitrogens with zero attached hydrogens (tertiary/aromatic N) is 5. The van der Waals surface area contributed by atoms with Gasteiger partial charge in [0.2, 0.25) is 5.91 Å². The molecule has 1 aromatic carbocycles. The third kappa shape index (κ3) is 4.94. The minimum Gasteiger partial charge on any atom is -0.342 e. The van der Waals surface area contributed by atoms with Gasteiger partial charge in [0.15, 0.2) is 0 Å². The number of pyridine rings is 2. The van der Waals surface area contributed by atoms with Gasteiger partial charge in [-0.15, -0.1) is 0 Å². The molecule has 2 fully saturated rings. The van der Waals surface area contributed by atoms with Crippen LogP contribution in [0.1, 0.15) is 36.0 Å². The first kappa shape index (κ1) is 22.5. The maximum Gasteiger partial charge on any atom is 0.254 e. The third-order valence-electron chi connectivity index (χ3n) is 6.85. The molecule has 2 aromatic heterocycles. The topological polar surface area (TPSA) is 69.6 Å². The van der Waals surface area contributed by atoms with E-state index in [1.165, 1.54) is 12.8 Å². The Balaban J connectivity index is 1.29. The number of benzene rings is 1. The van der Waals surface area contributed by atoms with E-state index >= 15 is 0 Å². The Morgan fingerprint density at radius 2 is 1.50 bits per heavy atom. The Bertz CT molecular complexity index is 1150. The number of carbonyl (C=O) groups excluding carboxylic acids is 2. The Kier molecular flexibility index (Phi) is 6.81. The van der Waals surface area contributed by atoms with E-state index in [0.29, 0.717) is 44.0 Å². The summed E-state index contributed by atoms with van der Waals surface area (Å²) in [7, 11) is 0. The van der Waals surface area contributed by atoms with Crippen LogP contribution >= 0.6 is 0 Å². The lowest BCUT2D eigenvalue weighted by Crippen LogP contribution is -2.51. The van der Waals surface area contributed by atoms with Gasteiger partial charge < -0.3 is 9.80 Å². The molecule has 0 unspecified atom stereocenters. The van der Waals surface area contributed by atoms with Crippen LogP contribution in [0, 0.1) is 0 Å². The smallest absolute Gasteiger partial charge is 0.254 e. The van der Waals surface area contributed by atoms with Gasteiger partial charge in [-0.3, -0.25) is 19.5 Å². The molecule has 4 heterocycles. The SMILES string of the molecule is O=C(CN1CCN(C(=O)c2cc(-c3ccccn3)nc3ccccc23)CC1)N1CCCCCC1. The van der Waals surface area contributed by atoms with E-state index in [2.05, 4.69) is 9.88 Å². The molecule has 2 aliphatic rings. The van der Waals surface area contributed by atoms with Gasteiger partial charge >= 0.3 is 0 Å². The monoisotopic (exact) mass is 457 g/mol. The summed E-state index contributed by atoms with van der Waals surface area (Å²) in [5.41, 5.74) is 2.89. The van der Waals surface area contributed by atoms with Crippen LogP contribution in [-0.2, 0) is 4.79 Å². The lowest BCUT2D eigenvalue weighted by molar-refractivity contribution is -0.132. The maximum atomic E-state index is 13.6. The number of hydrogen-bond donors (Lipinski definition) is 0. The van der Waals surface area contributed by atoms with Crippen molar-refractivity contribution in [2.45, 2.75) is 25.7 Å². The van der Waals surface area contributed by atoms with E-state index in [1.807, 2.05) is 58.3 Å². The van der Waals surface area contributed by atoms with Crippen LogP contribution in [0.5, 0.6) is 0 Å². The number of fused-ring (bicyclic) bond motifs is 1. The van der Waals surface area contributed by atoms with Crippen molar-refractivity contribution in [3.05, 3.63) is 60.3 Å². The first-order chi connectivity index (χ1) is 16.7. The van der Waals surface area contributed by atoms with Crippen molar-refractivity contribution in [1.29, 1.82) is 0 Å². The molecular formula is C27H31N5O2. The summed E-state index contributed by atoms with van der Waals surface area (Å²) in [5, 5.41) is 0.853. The number of aromatic nitrogens is 2. The molecule has 3 aromatic rings. The quantitative estimate of drug-likeness (QED) is 0.600. The Hall–Kier alpha value is -3.32. The summed E-state index contributed by atoms with van der Waals surface area (Å²) < 4.78 is 0. The largest absolute Gasteiger partial charge is 0.342 e. The van der Waals surface area contributed by atoms with Gasteiger partial charge in [-0.1, -0.05) is 37.1 Å². The van der Waals surface area contributed by atoms with Gasteiger partial charge in [0, 0.05) is 50.9 Å². The average Bonchev–Trinajstić information content (AvgIpc) is 3.18. The van der Waals surface area contributed by atoms with Crippen molar-refractivity contribution in [1.82, 2.24) is 24.7 Å². The third-order valence-corrected chi connectivity index (χ3v) is 6.85. The molecule has 0 saturated carbocycles. The summed E-state index contributed by atoms with van der Waals surface area (Å²) >= 11 is 0. The zero-order valence-electron chi connectivity index (χ0n) is 19.5. The molecule has 0 atom stereocenters. The highest BCUT2D eigenvalue weighted by Gasteiger charge is 2.26. The number of amides is 2. The predicted octanol–water partition coefficient (Wildman–Crippen LogP) is 3.46. The first-order valence-electron chi connectivity index (χ1n) is 12.3. The molecule has 2 saturated heterocycles. The minimum atomic E-state index is 0.00859. The molecule has 0 bridgehead atoms. The van der Waals surface area contributed by atoms with Crippen molar-refractivity contribution in [3.63, 3.8) is 0 Å². The first-order valence-corrected chi connectivity index (χ1v) is 12.3. The predicted molar refractivity (Wildman–Crippen MR) is 132 cm³/mol. The highest BCUT2D eigenvalue weighted by molar-refractivity contribution is 6.07. The molecule has 2 aliphatic heterocycles. The summed E-state index contributed by atoms with van der Waals surface area (Å²) in [6.07, 6.45) is 6.38. The molecule has 5 rings (SSSR count). The van der Waals surface area contributed by atoms with E-state index in [4.69, 9.17) is 4.98 Å². The van der Waals surface area contributed by atoms with Crippen molar-refractivity contribution in [3.8, 4) is 11.4 Å². The molecular weight excluding hydrogens is 426 g/mol. The van der Waals surface area contributed by atoms with Crippen molar-refractivity contribution in [2.24, 2.45) is 0 Å². The van der Waals surface area contributed by atoms with Crippen LogP contribution in [0.15, 0.2) is 54.7 Å². The van der Waals surface area contributed by atoms with Crippen molar-refractivity contribution in [2.75, 3.05) is 45.8 Å². The number of carbonyl (C=O) groups is 2. The summed E-state index contributed by atoms with van der Waals surface area (Å²) in [5.74, 6) is 0.232. The van der Waals surface area contributed by atoms with Crippen LogP contribution in [0.25, 0.3) is 22.3 Å². The second-order valence-corrected chi connectivity index (χ2v) is 9.15. The lowest BCUT2D eigenvalue weighted by atomic mass is 10.0. The number of para-hydroxylation sites is 1. The molecule has 2 amide bonds. The van der Waals surface area contributed by atoms with Crippen LogP contribution in [-0.4, -0.2) is 82.3 Å². The second kappa shape index (κ2) is 10.3. The number of rotatable bonds is 4. The van der Waals surface area contributed by atoms with E-state index in [0.717, 1.165) is 42.5 Å². The van der Waals surface area contributed by atoms with Crippen molar-refractivity contribution < 1.29 is 9.59 Å². The van der Waals surface area contributed by atoms with Crippen LogP contribution in [0.2, 0.25) is 0 Å². The van der Waals surface area contributed by atoms with E-state index < -0.39 is 0 Å². The summed E-state index contributed by atoms with van der Waals surface area (Å²) in [6.45, 7) is 4.85. The van der Waals surface area contributed by atoms with Gasteiger partial charge in [0.1, 0.15) is 0 Å². The fourth-order valence-electron chi connectivity index (χ4n) is 4.89. The van der Waals surface area contributed by atoms with E-state index in [9.17, 15) is 9.59 Å². The highest BCUT2D eigenvalue weighted by atomic mass is 16.2. The van der Waals surface area contributed by atoms with Crippen molar-refractivity contribution >= 4 is 22.7 Å². The molecule has 7 nitrogen and oxygen atoms in total. The summed E-state index contributed by atoms with van der Waals surface area (Å²) in [6, 6.07) is 15.3. The standard InChI is InChI=1S/C27H31N5O2/c33-26(31-13-7-1-2-8-14-31)20-30-15-17-32(18-16-30)27(34)22-19-25(24-11-5-6-12-28-24)29-23-10-4-3-9-21(22)23/h3-6,9-12,19H,1-2,7-8,13-18,20H2. The zero-order valence-corrected chi connectivity index (χ0v) is 19.5. The average molecular weight is 458 g/mol. The Morgan fingerprint density at radius 3 is 2.24 bits per heavy atom. The molecule has 0 spiro atoms. The van der Waals surface area contributed by atoms with Gasteiger partial charge in [-0.2, -0.15) is 0 Å². The fraction of sp³-hybridized carbons (Fsp3) is 0.407. The molecule has 7 heteroatoms. The van der Waals surface area contributed by atoms with Crippen LogP contribution in [0.3, 0.4) is 0 Å². The maximum absolute atomic E-state index is 13.6. The minimum absolute atomic E-state index is 0.00859. The van der Waals surface area contributed by atoms with Gasteiger partial charge in [0.25, 0.3) is 5.91 Å². The zero-order chi connectivity index (χ0) is 23.3. The fourth-order valence-corrected chi connectivity index (χ4v) is 4.89. The van der Waals surface area contributed by atoms with Crippen LogP contribution < -0.4 is 0 Å². The van der Waals surface area contributed by atoms with Gasteiger partial charge in [-0.25, -0.2) is 4.98 Å². The molecule has 0 aliphatic carbocycles.